The molecule has 1 aliphatic heterocycles. The van der Waals surface area contributed by atoms with Crippen molar-refractivity contribution in [1.82, 2.24) is 9.88 Å². The third kappa shape index (κ3) is 3.34. The Morgan fingerprint density at radius 1 is 1.14 bits per heavy atom. The first kappa shape index (κ1) is 19.0. The Kier molecular flexibility index (Phi) is 4.36. The van der Waals surface area contributed by atoms with E-state index in [4.69, 9.17) is 4.74 Å². The van der Waals surface area contributed by atoms with Gasteiger partial charge in [0.1, 0.15) is 17.0 Å². The summed E-state index contributed by atoms with van der Waals surface area (Å²) in [6.07, 6.45) is -0.682. The van der Waals surface area contributed by atoms with Gasteiger partial charge in [-0.1, -0.05) is 0 Å². The van der Waals surface area contributed by atoms with Gasteiger partial charge >= 0.3 is 12.4 Å². The van der Waals surface area contributed by atoms with Crippen LogP contribution in [-0.4, -0.2) is 40.8 Å². The molecule has 7 nitrogen and oxygen atoms in total. The number of benzene rings is 1. The molecule has 1 saturated heterocycles. The molecule has 1 spiro atoms. The number of urea groups is 1. The summed E-state index contributed by atoms with van der Waals surface area (Å²) in [5, 5.41) is 0. The van der Waals surface area contributed by atoms with Crippen LogP contribution in [0.1, 0.15) is 18.4 Å². The third-order valence-corrected chi connectivity index (χ3v) is 5.01. The van der Waals surface area contributed by atoms with Gasteiger partial charge in [-0.3, -0.25) is 9.78 Å². The molecular weight excluding hydrogens is 391 g/mol. The minimum atomic E-state index is -4.82. The first-order valence-electron chi connectivity index (χ1n) is 8.74. The molecule has 2 aromatic rings. The standard InChI is InChI=1S/C19H16F3N3O4/c1-28-15-10-23-9-6-12(15)11-24-17(27)25(16(26)18(24)7-8-18)13-2-4-14(5-3-13)29-19(20,21)22/h2-6,9-10H,7-8,11H2,1H3. The third-order valence-electron chi connectivity index (χ3n) is 5.01. The number of alkyl halides is 3. The SMILES string of the molecule is COc1cnccc1CN1C(=O)N(c2ccc(OC(F)(F)F)cc2)C(=O)C12CC2. The quantitative estimate of drug-likeness (QED) is 0.710. The minimum absolute atomic E-state index is 0.155. The Morgan fingerprint density at radius 3 is 2.41 bits per heavy atom. The molecule has 1 aliphatic carbocycles. The number of halogens is 3. The summed E-state index contributed by atoms with van der Waals surface area (Å²) in [6, 6.07) is 5.82. The number of carbonyl (C=O) groups excluding carboxylic acids is 2. The maximum Gasteiger partial charge on any atom is 0.573 e. The molecule has 3 amide bonds. The lowest BCUT2D eigenvalue weighted by molar-refractivity contribution is -0.274. The molecule has 1 aromatic carbocycles. The molecule has 1 aromatic heterocycles. The van der Waals surface area contributed by atoms with Crippen molar-refractivity contribution in [2.45, 2.75) is 31.3 Å². The van der Waals surface area contributed by atoms with Crippen molar-refractivity contribution in [3.8, 4) is 11.5 Å². The van der Waals surface area contributed by atoms with E-state index in [1.54, 1.807) is 12.3 Å². The fourth-order valence-electron chi connectivity index (χ4n) is 3.45. The second-order valence-electron chi connectivity index (χ2n) is 6.77. The number of nitrogens with zero attached hydrogens (tertiary/aromatic N) is 3. The lowest BCUT2D eigenvalue weighted by Crippen LogP contribution is -2.36. The van der Waals surface area contributed by atoms with Crippen LogP contribution in [0.3, 0.4) is 0 Å². The fourth-order valence-corrected chi connectivity index (χ4v) is 3.45. The zero-order chi connectivity index (χ0) is 20.8. The molecule has 0 atom stereocenters. The molecule has 1 saturated carbocycles. The molecule has 0 bridgehead atoms. The number of amides is 3. The lowest BCUT2D eigenvalue weighted by Gasteiger charge is -2.22. The highest BCUT2D eigenvalue weighted by atomic mass is 19.4. The van der Waals surface area contributed by atoms with Crippen LogP contribution in [0.5, 0.6) is 11.5 Å². The average Bonchev–Trinajstić information content (AvgIpc) is 3.45. The number of hydrogen-bond acceptors (Lipinski definition) is 5. The summed E-state index contributed by atoms with van der Waals surface area (Å²) in [6.45, 7) is 0.155. The van der Waals surface area contributed by atoms with Gasteiger partial charge in [0.05, 0.1) is 25.5 Å². The highest BCUT2D eigenvalue weighted by Crippen LogP contribution is 2.50. The zero-order valence-electron chi connectivity index (χ0n) is 15.3. The van der Waals surface area contributed by atoms with Gasteiger partial charge in [0.15, 0.2) is 0 Å². The van der Waals surface area contributed by atoms with Crippen LogP contribution in [0.25, 0.3) is 0 Å². The topological polar surface area (TPSA) is 72.0 Å². The van der Waals surface area contributed by atoms with Gasteiger partial charge in [0, 0.05) is 11.8 Å². The first-order chi connectivity index (χ1) is 13.7. The number of carbonyl (C=O) groups is 2. The van der Waals surface area contributed by atoms with Crippen LogP contribution < -0.4 is 14.4 Å². The average molecular weight is 407 g/mol. The molecule has 0 N–H and O–H groups in total. The normalized spacial score (nSPS) is 17.8. The van der Waals surface area contributed by atoms with Crippen molar-refractivity contribution in [2.24, 2.45) is 0 Å². The Labute approximate surface area is 163 Å². The van der Waals surface area contributed by atoms with E-state index in [0.29, 0.717) is 24.2 Å². The van der Waals surface area contributed by atoms with Crippen LogP contribution in [0.4, 0.5) is 23.7 Å². The van der Waals surface area contributed by atoms with Gasteiger partial charge in [0.25, 0.3) is 5.91 Å². The molecule has 0 unspecified atom stereocenters. The van der Waals surface area contributed by atoms with Gasteiger partial charge < -0.3 is 14.4 Å². The van der Waals surface area contributed by atoms with Crippen LogP contribution in [-0.2, 0) is 11.3 Å². The van der Waals surface area contributed by atoms with Crippen molar-refractivity contribution >= 4 is 17.6 Å². The first-order valence-corrected chi connectivity index (χ1v) is 8.74. The molecule has 2 fully saturated rings. The molecule has 2 heterocycles. The molecule has 4 rings (SSSR count). The summed E-state index contributed by atoms with van der Waals surface area (Å²) < 4.78 is 46.1. The van der Waals surface area contributed by atoms with Gasteiger partial charge in [-0.25, -0.2) is 9.69 Å². The van der Waals surface area contributed by atoms with Crippen LogP contribution in [0.15, 0.2) is 42.7 Å². The van der Waals surface area contributed by atoms with E-state index in [1.165, 1.54) is 30.3 Å². The van der Waals surface area contributed by atoms with Gasteiger partial charge in [-0.15, -0.1) is 13.2 Å². The number of methoxy groups -OCH3 is 1. The summed E-state index contributed by atoms with van der Waals surface area (Å²) in [5.41, 5.74) is -0.0392. The van der Waals surface area contributed by atoms with Crippen LogP contribution >= 0.6 is 0 Å². The van der Waals surface area contributed by atoms with Crippen LogP contribution in [0.2, 0.25) is 0 Å². The molecule has 29 heavy (non-hydrogen) atoms. The van der Waals surface area contributed by atoms with E-state index in [-0.39, 0.29) is 18.1 Å². The van der Waals surface area contributed by atoms with Crippen molar-refractivity contribution in [2.75, 3.05) is 12.0 Å². The Hall–Kier alpha value is -3.30. The second-order valence-corrected chi connectivity index (χ2v) is 6.77. The predicted octanol–water partition coefficient (Wildman–Crippen LogP) is 3.49. The van der Waals surface area contributed by atoms with Gasteiger partial charge in [-0.2, -0.15) is 0 Å². The number of imide groups is 1. The molecule has 10 heteroatoms. The summed E-state index contributed by atoms with van der Waals surface area (Å²) in [7, 11) is 1.49. The van der Waals surface area contributed by atoms with E-state index in [9.17, 15) is 22.8 Å². The largest absolute Gasteiger partial charge is 0.573 e. The van der Waals surface area contributed by atoms with Crippen LogP contribution in [0, 0.1) is 0 Å². The summed E-state index contributed by atoms with van der Waals surface area (Å²) >= 11 is 0. The zero-order valence-corrected chi connectivity index (χ0v) is 15.3. The highest BCUT2D eigenvalue weighted by molar-refractivity contribution is 6.24. The van der Waals surface area contributed by atoms with E-state index >= 15 is 0 Å². The van der Waals surface area contributed by atoms with E-state index in [1.807, 2.05) is 0 Å². The van der Waals surface area contributed by atoms with Crippen molar-refractivity contribution in [3.05, 3.63) is 48.3 Å². The Morgan fingerprint density at radius 2 is 1.83 bits per heavy atom. The van der Waals surface area contributed by atoms with Gasteiger partial charge in [-0.05, 0) is 43.2 Å². The molecule has 0 radical (unpaired) electrons. The van der Waals surface area contributed by atoms with Crippen molar-refractivity contribution in [3.63, 3.8) is 0 Å². The van der Waals surface area contributed by atoms with E-state index in [2.05, 4.69) is 9.72 Å². The molecule has 2 aliphatic rings. The number of pyridine rings is 1. The minimum Gasteiger partial charge on any atom is -0.495 e. The number of aromatic nitrogens is 1. The second kappa shape index (κ2) is 6.64. The Bertz CT molecular complexity index is 958. The van der Waals surface area contributed by atoms with Crippen molar-refractivity contribution < 1.29 is 32.2 Å². The monoisotopic (exact) mass is 407 g/mol. The summed E-state index contributed by atoms with van der Waals surface area (Å²) in [4.78, 5) is 32.5. The van der Waals surface area contributed by atoms with E-state index in [0.717, 1.165) is 17.0 Å². The smallest absolute Gasteiger partial charge is 0.495 e. The van der Waals surface area contributed by atoms with E-state index < -0.39 is 23.7 Å². The number of ether oxygens (including phenoxy) is 2. The lowest BCUT2D eigenvalue weighted by atomic mass is 10.2. The predicted molar refractivity (Wildman–Crippen MR) is 94.3 cm³/mol. The Balaban J connectivity index is 1.60. The molecular formula is C19H16F3N3O4. The van der Waals surface area contributed by atoms with Gasteiger partial charge in [0.2, 0.25) is 0 Å². The number of rotatable bonds is 5. The number of hydrogen-bond donors (Lipinski definition) is 0. The highest BCUT2D eigenvalue weighted by Gasteiger charge is 2.65. The maximum atomic E-state index is 13.1. The number of anilines is 1. The van der Waals surface area contributed by atoms with Crippen molar-refractivity contribution in [1.29, 1.82) is 0 Å². The molecule has 152 valence electrons. The maximum absolute atomic E-state index is 13.1. The fraction of sp³-hybridized carbons (Fsp3) is 0.316. The summed E-state index contributed by atoms with van der Waals surface area (Å²) in [5.74, 6) is -0.324.